The van der Waals surface area contributed by atoms with Gasteiger partial charge in [-0.1, -0.05) is 63.2 Å². The van der Waals surface area contributed by atoms with Gasteiger partial charge in [0.1, 0.15) is 11.4 Å². The van der Waals surface area contributed by atoms with Gasteiger partial charge >= 0.3 is 12.1 Å². The number of carbonyl (C=O) groups is 1. The second-order valence-electron chi connectivity index (χ2n) is 11.4. The normalized spacial score (nSPS) is 12.1. The van der Waals surface area contributed by atoms with Crippen molar-refractivity contribution < 1.29 is 27.4 Å². The summed E-state index contributed by atoms with van der Waals surface area (Å²) >= 11 is 0. The Balaban J connectivity index is 1.57. The van der Waals surface area contributed by atoms with Crippen molar-refractivity contribution in [3.05, 3.63) is 102 Å². The van der Waals surface area contributed by atoms with Gasteiger partial charge in [0.2, 0.25) is 5.88 Å². The molecule has 0 aliphatic rings. The number of aromatic amines is 1. The number of pyridine rings is 1. The molecule has 0 aliphatic carbocycles. The molecule has 0 saturated heterocycles. The molecule has 8 heteroatoms. The topological polar surface area (TPSA) is 64.2 Å². The summed E-state index contributed by atoms with van der Waals surface area (Å²) in [5.74, 6) is -0.323. The minimum Gasteiger partial charge on any atom is -0.491 e. The van der Waals surface area contributed by atoms with Crippen LogP contribution in [0, 0.1) is 0 Å². The molecule has 216 valence electrons. The van der Waals surface area contributed by atoms with E-state index in [9.17, 15) is 18.0 Å². The second kappa shape index (κ2) is 11.0. The van der Waals surface area contributed by atoms with Gasteiger partial charge in [-0.3, -0.25) is 0 Å². The Hall–Kier alpha value is -4.59. The van der Waals surface area contributed by atoms with Gasteiger partial charge in [-0.15, -0.1) is 0 Å². The Bertz CT molecular complexity index is 1710. The Morgan fingerprint density at radius 3 is 2.00 bits per heavy atom. The monoisotopic (exact) mass is 572 g/mol. The average Bonchev–Trinajstić information content (AvgIpc) is 3.32. The number of ether oxygens (including phenoxy) is 2. The molecule has 0 aliphatic heterocycles. The fraction of sp³-hybridized carbons (Fsp3) is 0.235. The fourth-order valence-electron chi connectivity index (χ4n) is 4.71. The number of H-pyrrole nitrogens is 1. The zero-order valence-electron chi connectivity index (χ0n) is 24.0. The summed E-state index contributed by atoms with van der Waals surface area (Å²) in [6, 6.07) is 23.5. The molecule has 0 bridgehead atoms. The first-order valence-corrected chi connectivity index (χ1v) is 13.6. The smallest absolute Gasteiger partial charge is 0.417 e. The lowest BCUT2D eigenvalue weighted by atomic mass is 9.86. The van der Waals surface area contributed by atoms with E-state index in [2.05, 4.69) is 55.0 Å². The summed E-state index contributed by atoms with van der Waals surface area (Å²) in [6.45, 7) is 10.4. The van der Waals surface area contributed by atoms with E-state index in [0.29, 0.717) is 23.0 Å². The molecular weight excluding hydrogens is 541 g/mol. The van der Waals surface area contributed by atoms with E-state index in [1.165, 1.54) is 5.56 Å². The molecule has 5 nitrogen and oxygen atoms in total. The number of fused-ring (bicyclic) bond motifs is 1. The SMILES string of the molecule is CC(C)Oc1ccc(-c2c(C(=O)Oc3ccc(C(F)(F)F)cn3)[nH]c3ccc(-c4ccc(C(C)(C)C)cc4)cc23)cc1. The number of alkyl halides is 3. The average molecular weight is 573 g/mol. The summed E-state index contributed by atoms with van der Waals surface area (Å²) in [6.07, 6.45) is -3.91. The van der Waals surface area contributed by atoms with Crippen molar-refractivity contribution in [3.8, 4) is 33.9 Å². The van der Waals surface area contributed by atoms with E-state index in [4.69, 9.17) is 9.47 Å². The highest BCUT2D eigenvalue weighted by Crippen LogP contribution is 2.37. The molecule has 1 N–H and O–H groups in total. The van der Waals surface area contributed by atoms with Gasteiger partial charge in [-0.05, 0) is 71.8 Å². The molecule has 0 saturated carbocycles. The van der Waals surface area contributed by atoms with Crippen LogP contribution in [0.25, 0.3) is 33.2 Å². The van der Waals surface area contributed by atoms with Gasteiger partial charge in [-0.2, -0.15) is 13.2 Å². The van der Waals surface area contributed by atoms with Gasteiger partial charge in [0, 0.05) is 28.7 Å². The predicted molar refractivity (Wildman–Crippen MR) is 158 cm³/mol. The summed E-state index contributed by atoms with van der Waals surface area (Å²) in [7, 11) is 0. The van der Waals surface area contributed by atoms with Gasteiger partial charge in [-0.25, -0.2) is 9.78 Å². The Morgan fingerprint density at radius 2 is 1.43 bits per heavy atom. The van der Waals surface area contributed by atoms with Gasteiger partial charge in [0.25, 0.3) is 0 Å². The molecular formula is C34H31F3N2O3. The van der Waals surface area contributed by atoms with Crippen molar-refractivity contribution in [2.75, 3.05) is 0 Å². The number of benzene rings is 3. The molecule has 0 spiro atoms. The predicted octanol–water partition coefficient (Wildman–Crippen LogP) is 9.22. The van der Waals surface area contributed by atoms with Crippen LogP contribution in [0.4, 0.5) is 13.2 Å². The van der Waals surface area contributed by atoms with Crippen molar-refractivity contribution >= 4 is 16.9 Å². The zero-order chi connectivity index (χ0) is 30.2. The third kappa shape index (κ3) is 6.17. The maximum Gasteiger partial charge on any atom is 0.417 e. The van der Waals surface area contributed by atoms with Gasteiger partial charge < -0.3 is 14.5 Å². The molecule has 3 aromatic carbocycles. The van der Waals surface area contributed by atoms with Crippen LogP contribution in [0.2, 0.25) is 0 Å². The van der Waals surface area contributed by atoms with Crippen LogP contribution in [0.1, 0.15) is 56.2 Å². The number of hydrogen-bond donors (Lipinski definition) is 1. The van der Waals surface area contributed by atoms with E-state index in [-0.39, 0.29) is 23.1 Å². The number of aromatic nitrogens is 2. The Labute approximate surface area is 242 Å². The minimum absolute atomic E-state index is 0.00191. The molecule has 0 fully saturated rings. The molecule has 5 rings (SSSR count). The molecule has 5 aromatic rings. The molecule has 42 heavy (non-hydrogen) atoms. The molecule has 2 heterocycles. The van der Waals surface area contributed by atoms with Crippen molar-refractivity contribution in [1.82, 2.24) is 9.97 Å². The summed E-state index contributed by atoms with van der Waals surface area (Å²) in [5.41, 5.74) is 4.51. The zero-order valence-corrected chi connectivity index (χ0v) is 24.0. The lowest BCUT2D eigenvalue weighted by molar-refractivity contribution is -0.137. The first-order valence-electron chi connectivity index (χ1n) is 13.6. The largest absolute Gasteiger partial charge is 0.491 e. The standard InChI is InChI=1S/C34H31F3N2O3/c1-20(2)41-26-14-8-22(9-15-26)30-27-18-23(21-6-11-24(12-7-21)33(3,4)5)10-16-28(27)39-31(30)32(40)42-29-17-13-25(19-38-29)34(35,36)37/h6-20,39H,1-5H3. The van der Waals surface area contributed by atoms with Crippen molar-refractivity contribution in [2.24, 2.45) is 0 Å². The number of halogens is 3. The summed E-state index contributed by atoms with van der Waals surface area (Å²) in [5, 5.41) is 0.789. The van der Waals surface area contributed by atoms with E-state index in [1.54, 1.807) is 0 Å². The van der Waals surface area contributed by atoms with Crippen LogP contribution in [-0.4, -0.2) is 22.0 Å². The lowest BCUT2D eigenvalue weighted by Gasteiger charge is -2.19. The maximum absolute atomic E-state index is 13.4. The maximum atomic E-state index is 13.4. The Kier molecular flexibility index (Phi) is 7.58. The van der Waals surface area contributed by atoms with Crippen molar-refractivity contribution in [2.45, 2.75) is 52.3 Å². The quantitative estimate of drug-likeness (QED) is 0.206. The summed E-state index contributed by atoms with van der Waals surface area (Å²) < 4.78 is 50.1. The highest BCUT2D eigenvalue weighted by atomic mass is 19.4. The van der Waals surface area contributed by atoms with Crippen LogP contribution in [0.15, 0.2) is 85.1 Å². The number of esters is 1. The molecule has 2 aromatic heterocycles. The van der Waals surface area contributed by atoms with E-state index >= 15 is 0 Å². The number of nitrogens with zero attached hydrogens (tertiary/aromatic N) is 1. The van der Waals surface area contributed by atoms with Crippen molar-refractivity contribution in [1.29, 1.82) is 0 Å². The van der Waals surface area contributed by atoms with Crippen LogP contribution in [-0.2, 0) is 11.6 Å². The third-order valence-corrected chi connectivity index (χ3v) is 6.86. The molecule has 0 atom stereocenters. The fourth-order valence-corrected chi connectivity index (χ4v) is 4.71. The van der Waals surface area contributed by atoms with E-state index in [1.807, 2.05) is 56.3 Å². The van der Waals surface area contributed by atoms with Gasteiger partial charge in [0.15, 0.2) is 0 Å². The highest BCUT2D eigenvalue weighted by molar-refractivity contribution is 6.09. The van der Waals surface area contributed by atoms with Crippen molar-refractivity contribution in [3.63, 3.8) is 0 Å². The number of carbonyl (C=O) groups excluding carboxylic acids is 1. The number of nitrogens with one attached hydrogen (secondary N) is 1. The Morgan fingerprint density at radius 1 is 0.810 bits per heavy atom. The third-order valence-electron chi connectivity index (χ3n) is 6.86. The summed E-state index contributed by atoms with van der Waals surface area (Å²) in [4.78, 5) is 20.3. The first kappa shape index (κ1) is 28.9. The highest BCUT2D eigenvalue weighted by Gasteiger charge is 2.31. The van der Waals surface area contributed by atoms with E-state index in [0.717, 1.165) is 34.2 Å². The van der Waals surface area contributed by atoms with Crippen LogP contribution < -0.4 is 9.47 Å². The first-order chi connectivity index (χ1) is 19.8. The van der Waals surface area contributed by atoms with E-state index < -0.39 is 17.7 Å². The van der Waals surface area contributed by atoms with Crippen LogP contribution >= 0.6 is 0 Å². The molecule has 0 unspecified atom stereocenters. The second-order valence-corrected chi connectivity index (χ2v) is 11.4. The van der Waals surface area contributed by atoms with Crippen LogP contribution in [0.5, 0.6) is 11.6 Å². The molecule has 0 radical (unpaired) electrons. The number of hydrogen-bond acceptors (Lipinski definition) is 4. The lowest BCUT2D eigenvalue weighted by Crippen LogP contribution is -2.12. The van der Waals surface area contributed by atoms with Gasteiger partial charge in [0.05, 0.1) is 11.7 Å². The molecule has 0 amide bonds. The van der Waals surface area contributed by atoms with Crippen LogP contribution in [0.3, 0.4) is 0 Å². The minimum atomic E-state index is -4.55. The number of rotatable bonds is 6.